The number of hydrogen-bond acceptors (Lipinski definition) is 3. The molecule has 3 amide bonds. The van der Waals surface area contributed by atoms with Crippen molar-refractivity contribution in [2.45, 2.75) is 17.1 Å². The fourth-order valence-electron chi connectivity index (χ4n) is 1.01. The summed E-state index contributed by atoms with van der Waals surface area (Å²) in [7, 11) is 0. The van der Waals surface area contributed by atoms with E-state index < -0.39 is 23.0 Å². The summed E-state index contributed by atoms with van der Waals surface area (Å²) in [6, 6.07) is 5.19. The second-order valence-corrected chi connectivity index (χ2v) is 4.43. The summed E-state index contributed by atoms with van der Waals surface area (Å²) in [6.45, 7) is 1.56. The average Bonchev–Trinajstić information content (AvgIpc) is 2.20. The van der Waals surface area contributed by atoms with Crippen molar-refractivity contribution in [3.8, 4) is 0 Å². The molecular formula is C10H11FN2O2S. The van der Waals surface area contributed by atoms with E-state index in [1.165, 1.54) is 6.07 Å². The van der Waals surface area contributed by atoms with Gasteiger partial charge in [-0.1, -0.05) is 12.1 Å². The van der Waals surface area contributed by atoms with Gasteiger partial charge in [-0.15, -0.1) is 11.8 Å². The number of thioether (sulfide) groups is 1. The Kier molecular flexibility index (Phi) is 4.30. The second-order valence-electron chi connectivity index (χ2n) is 3.04. The van der Waals surface area contributed by atoms with Crippen molar-refractivity contribution >= 4 is 23.7 Å². The van der Waals surface area contributed by atoms with Crippen LogP contribution in [0.3, 0.4) is 0 Å². The number of carbonyl (C=O) groups excluding carboxylic acids is 2. The third-order valence-electron chi connectivity index (χ3n) is 1.76. The topological polar surface area (TPSA) is 72.2 Å². The van der Waals surface area contributed by atoms with Crippen molar-refractivity contribution in [1.29, 1.82) is 0 Å². The first-order valence-corrected chi connectivity index (χ1v) is 5.40. The van der Waals surface area contributed by atoms with Gasteiger partial charge in [0.2, 0.25) is 5.91 Å². The minimum Gasteiger partial charge on any atom is -0.351 e. The summed E-state index contributed by atoms with van der Waals surface area (Å²) in [5.41, 5.74) is 4.80. The standard InChI is InChI=1S/C10H11FN2O2S/c1-6(9(14)13-10(12)15)16-8-5-3-2-4-7(8)11/h2-6H,1H3,(H3,12,13,14,15)/t6-/m0/s1. The minimum atomic E-state index is -0.911. The van der Waals surface area contributed by atoms with Crippen LogP contribution < -0.4 is 11.1 Å². The molecular weight excluding hydrogens is 231 g/mol. The molecule has 0 radical (unpaired) electrons. The van der Waals surface area contributed by atoms with E-state index in [4.69, 9.17) is 5.73 Å². The summed E-state index contributed by atoms with van der Waals surface area (Å²) >= 11 is 1.03. The van der Waals surface area contributed by atoms with Gasteiger partial charge in [0.1, 0.15) is 5.82 Å². The van der Waals surface area contributed by atoms with E-state index >= 15 is 0 Å². The molecule has 0 saturated heterocycles. The molecule has 0 unspecified atom stereocenters. The Morgan fingerprint density at radius 2 is 2.06 bits per heavy atom. The summed E-state index contributed by atoms with van der Waals surface area (Å²) in [6.07, 6.45) is 0. The number of hydrogen-bond donors (Lipinski definition) is 2. The molecule has 0 heterocycles. The zero-order chi connectivity index (χ0) is 12.1. The zero-order valence-electron chi connectivity index (χ0n) is 8.57. The number of halogens is 1. The van der Waals surface area contributed by atoms with Crippen molar-refractivity contribution < 1.29 is 14.0 Å². The Hall–Kier alpha value is -1.56. The number of rotatable bonds is 3. The number of nitrogens with one attached hydrogen (secondary N) is 1. The summed E-state index contributed by atoms with van der Waals surface area (Å²) in [5.74, 6) is -0.938. The molecule has 0 spiro atoms. The highest BCUT2D eigenvalue weighted by molar-refractivity contribution is 8.00. The maximum atomic E-state index is 13.2. The Morgan fingerprint density at radius 1 is 1.44 bits per heavy atom. The van der Waals surface area contributed by atoms with Crippen LogP contribution in [0.25, 0.3) is 0 Å². The highest BCUT2D eigenvalue weighted by Crippen LogP contribution is 2.25. The predicted molar refractivity (Wildman–Crippen MR) is 59.4 cm³/mol. The predicted octanol–water partition coefficient (Wildman–Crippen LogP) is 1.50. The maximum Gasteiger partial charge on any atom is 0.318 e. The molecule has 1 aromatic rings. The first kappa shape index (κ1) is 12.5. The van der Waals surface area contributed by atoms with Gasteiger partial charge in [-0.25, -0.2) is 9.18 Å². The fraction of sp³-hybridized carbons (Fsp3) is 0.200. The molecule has 1 atom stereocenters. The van der Waals surface area contributed by atoms with Crippen LogP contribution in [-0.2, 0) is 4.79 Å². The average molecular weight is 242 g/mol. The molecule has 0 fully saturated rings. The third-order valence-corrected chi connectivity index (χ3v) is 2.91. The van der Waals surface area contributed by atoms with E-state index in [1.54, 1.807) is 25.1 Å². The van der Waals surface area contributed by atoms with Gasteiger partial charge in [-0.3, -0.25) is 10.1 Å². The van der Waals surface area contributed by atoms with Gasteiger partial charge in [-0.2, -0.15) is 0 Å². The second kappa shape index (κ2) is 5.50. The van der Waals surface area contributed by atoms with Gasteiger partial charge in [0.25, 0.3) is 0 Å². The molecule has 0 aliphatic carbocycles. The lowest BCUT2D eigenvalue weighted by Gasteiger charge is -2.10. The smallest absolute Gasteiger partial charge is 0.318 e. The van der Waals surface area contributed by atoms with Gasteiger partial charge in [0.15, 0.2) is 0 Å². The fourth-order valence-corrected chi connectivity index (χ4v) is 1.89. The number of nitrogens with two attached hydrogens (primary N) is 1. The van der Waals surface area contributed by atoms with E-state index in [-0.39, 0.29) is 0 Å². The number of benzene rings is 1. The molecule has 3 N–H and O–H groups in total. The van der Waals surface area contributed by atoms with Crippen LogP contribution in [-0.4, -0.2) is 17.2 Å². The highest BCUT2D eigenvalue weighted by Gasteiger charge is 2.17. The van der Waals surface area contributed by atoms with E-state index in [1.807, 2.05) is 5.32 Å². The molecule has 0 saturated carbocycles. The molecule has 1 rings (SSSR count). The first-order valence-electron chi connectivity index (χ1n) is 4.52. The normalized spacial score (nSPS) is 11.9. The Bertz CT molecular complexity index is 412. The van der Waals surface area contributed by atoms with Crippen molar-refractivity contribution in [1.82, 2.24) is 5.32 Å². The maximum absolute atomic E-state index is 13.2. The molecule has 0 aliphatic rings. The van der Waals surface area contributed by atoms with Crippen LogP contribution >= 0.6 is 11.8 Å². The lowest BCUT2D eigenvalue weighted by atomic mass is 10.3. The van der Waals surface area contributed by atoms with E-state index in [9.17, 15) is 14.0 Å². The SMILES string of the molecule is C[C@H](Sc1ccccc1F)C(=O)NC(N)=O. The lowest BCUT2D eigenvalue weighted by Crippen LogP contribution is -2.39. The molecule has 6 heteroatoms. The molecule has 4 nitrogen and oxygen atoms in total. The van der Waals surface area contributed by atoms with Crippen LogP contribution in [0.15, 0.2) is 29.2 Å². The summed E-state index contributed by atoms with van der Waals surface area (Å²) in [4.78, 5) is 22.1. The molecule has 0 aromatic heterocycles. The largest absolute Gasteiger partial charge is 0.351 e. The quantitative estimate of drug-likeness (QED) is 0.789. The van der Waals surface area contributed by atoms with Crippen LogP contribution in [0.4, 0.5) is 9.18 Å². The Labute approximate surface area is 96.4 Å². The first-order chi connectivity index (χ1) is 7.50. The minimum absolute atomic E-state index is 0.356. The van der Waals surface area contributed by atoms with Gasteiger partial charge in [0, 0.05) is 4.90 Å². The molecule has 0 bridgehead atoms. The Morgan fingerprint density at radius 3 is 2.62 bits per heavy atom. The number of imide groups is 1. The number of amides is 3. The zero-order valence-corrected chi connectivity index (χ0v) is 9.38. The van der Waals surface area contributed by atoms with Crippen LogP contribution in [0.5, 0.6) is 0 Å². The van der Waals surface area contributed by atoms with Crippen LogP contribution in [0, 0.1) is 5.82 Å². The van der Waals surface area contributed by atoms with Crippen molar-refractivity contribution in [3.05, 3.63) is 30.1 Å². The van der Waals surface area contributed by atoms with Gasteiger partial charge < -0.3 is 5.73 Å². The number of urea groups is 1. The summed E-state index contributed by atoms with van der Waals surface area (Å²) in [5, 5.41) is 1.35. The lowest BCUT2D eigenvalue weighted by molar-refractivity contribution is -0.119. The van der Waals surface area contributed by atoms with Gasteiger partial charge >= 0.3 is 6.03 Å². The molecule has 16 heavy (non-hydrogen) atoms. The summed E-state index contributed by atoms with van der Waals surface area (Å²) < 4.78 is 13.2. The van der Waals surface area contributed by atoms with Crippen molar-refractivity contribution in [2.24, 2.45) is 5.73 Å². The van der Waals surface area contributed by atoms with E-state index in [0.717, 1.165) is 11.8 Å². The number of primary amides is 1. The van der Waals surface area contributed by atoms with Crippen molar-refractivity contribution in [3.63, 3.8) is 0 Å². The monoisotopic (exact) mass is 242 g/mol. The van der Waals surface area contributed by atoms with E-state index in [2.05, 4.69) is 0 Å². The van der Waals surface area contributed by atoms with Gasteiger partial charge in [-0.05, 0) is 19.1 Å². The van der Waals surface area contributed by atoms with E-state index in [0.29, 0.717) is 4.90 Å². The Balaban J connectivity index is 2.64. The molecule has 0 aliphatic heterocycles. The van der Waals surface area contributed by atoms with Crippen LogP contribution in [0.2, 0.25) is 0 Å². The molecule has 86 valence electrons. The van der Waals surface area contributed by atoms with Crippen LogP contribution in [0.1, 0.15) is 6.92 Å². The number of carbonyl (C=O) groups is 2. The molecule has 1 aromatic carbocycles. The third kappa shape index (κ3) is 3.54. The highest BCUT2D eigenvalue weighted by atomic mass is 32.2. The van der Waals surface area contributed by atoms with Gasteiger partial charge in [0.05, 0.1) is 5.25 Å². The van der Waals surface area contributed by atoms with Crippen molar-refractivity contribution in [2.75, 3.05) is 0 Å².